The fraction of sp³-hybridized carbons (Fsp3) is 0.143. The van der Waals surface area contributed by atoms with Crippen molar-refractivity contribution < 1.29 is 0 Å². The first-order valence-corrected chi connectivity index (χ1v) is 9.64. The number of benzene rings is 3. The van der Waals surface area contributed by atoms with Crippen LogP contribution in [0.1, 0.15) is 13.3 Å². The van der Waals surface area contributed by atoms with E-state index in [1.165, 1.54) is 14.7 Å². The molecule has 3 aromatic carbocycles. The van der Waals surface area contributed by atoms with Crippen molar-refractivity contribution in [2.24, 2.45) is 4.36 Å². The third-order valence-electron chi connectivity index (χ3n) is 3.76. The number of hydrogen-bond acceptors (Lipinski definition) is 1. The van der Waals surface area contributed by atoms with Crippen molar-refractivity contribution in [1.29, 1.82) is 0 Å². The highest BCUT2D eigenvalue weighted by Crippen LogP contribution is 2.38. The first-order chi connectivity index (χ1) is 11.4. The van der Waals surface area contributed by atoms with Crippen molar-refractivity contribution in [1.82, 2.24) is 0 Å². The first-order valence-electron chi connectivity index (χ1n) is 8.05. The minimum absolute atomic E-state index is 0.869. The maximum Gasteiger partial charge on any atom is 0.149 e. The normalized spacial score (nSPS) is 11.2. The minimum Gasteiger partial charge on any atom is -0.127 e. The van der Waals surface area contributed by atoms with Gasteiger partial charge in [0, 0.05) is 0 Å². The van der Waals surface area contributed by atoms with Crippen molar-refractivity contribution >= 4 is 9.82 Å². The number of hydrogen-bond donors (Lipinski definition) is 0. The number of nitrogens with zero attached hydrogens (tertiary/aromatic N) is 1. The second-order valence-electron chi connectivity index (χ2n) is 5.37. The largest absolute Gasteiger partial charge is 0.149 e. The Morgan fingerprint density at radius 2 is 0.957 bits per heavy atom. The molecular formula is C21H22NS+. The predicted octanol–water partition coefficient (Wildman–Crippen LogP) is 5.91. The quantitative estimate of drug-likeness (QED) is 0.518. The van der Waals surface area contributed by atoms with Crippen LogP contribution < -0.4 is 0 Å². The fourth-order valence-corrected chi connectivity index (χ4v) is 6.09. The Labute approximate surface area is 140 Å². The summed E-state index contributed by atoms with van der Waals surface area (Å²) in [5, 5.41) is 0. The van der Waals surface area contributed by atoms with Gasteiger partial charge in [-0.2, -0.15) is 0 Å². The van der Waals surface area contributed by atoms with Crippen LogP contribution >= 0.6 is 0 Å². The summed E-state index contributed by atoms with van der Waals surface area (Å²) in [7, 11) is -1.57. The average molecular weight is 320 g/mol. The van der Waals surface area contributed by atoms with E-state index in [2.05, 4.69) is 97.9 Å². The SMILES string of the molecule is CCCN=[S+](c1ccccc1)(c1ccccc1)c1ccccc1. The second kappa shape index (κ2) is 7.38. The molecule has 0 spiro atoms. The molecule has 1 nitrogen and oxygen atoms in total. The van der Waals surface area contributed by atoms with Gasteiger partial charge in [-0.15, -0.1) is 4.36 Å². The molecule has 116 valence electrons. The maximum atomic E-state index is 5.27. The van der Waals surface area contributed by atoms with Crippen molar-refractivity contribution in [2.45, 2.75) is 28.0 Å². The summed E-state index contributed by atoms with van der Waals surface area (Å²) in [6.07, 6.45) is 1.06. The first kappa shape index (κ1) is 15.7. The summed E-state index contributed by atoms with van der Waals surface area (Å²) in [6, 6.07) is 32.2. The van der Waals surface area contributed by atoms with Crippen molar-refractivity contribution in [3.63, 3.8) is 0 Å². The van der Waals surface area contributed by atoms with E-state index in [0.29, 0.717) is 0 Å². The monoisotopic (exact) mass is 320 g/mol. The summed E-state index contributed by atoms with van der Waals surface area (Å²) in [5.74, 6) is 0. The van der Waals surface area contributed by atoms with E-state index in [1.807, 2.05) is 0 Å². The van der Waals surface area contributed by atoms with Gasteiger partial charge >= 0.3 is 0 Å². The smallest absolute Gasteiger partial charge is 0.127 e. The maximum absolute atomic E-state index is 5.27. The Bertz CT molecular complexity index is 676. The van der Waals surface area contributed by atoms with E-state index in [9.17, 15) is 0 Å². The molecule has 0 heterocycles. The van der Waals surface area contributed by atoms with Gasteiger partial charge in [-0.05, 0) is 42.8 Å². The standard InChI is InChI=1S/C21H22NS/c1-2-18-22-23(19-12-6-3-7-13-19,20-14-8-4-9-15-20)21-16-10-5-11-17-21/h3-17H,2,18H2,1H3/q+1. The zero-order valence-corrected chi connectivity index (χ0v) is 14.2. The molecule has 0 unspecified atom stereocenters. The van der Waals surface area contributed by atoms with E-state index in [1.54, 1.807) is 0 Å². The lowest BCUT2D eigenvalue weighted by Crippen LogP contribution is -2.14. The van der Waals surface area contributed by atoms with Crippen LogP contribution in [0.25, 0.3) is 0 Å². The van der Waals surface area contributed by atoms with E-state index in [-0.39, 0.29) is 0 Å². The molecule has 0 saturated carbocycles. The van der Waals surface area contributed by atoms with Gasteiger partial charge in [0.1, 0.15) is 14.7 Å². The van der Waals surface area contributed by atoms with E-state index < -0.39 is 9.82 Å². The van der Waals surface area contributed by atoms with Gasteiger partial charge in [-0.1, -0.05) is 61.5 Å². The van der Waals surface area contributed by atoms with Gasteiger partial charge in [0.2, 0.25) is 0 Å². The molecule has 0 aliphatic carbocycles. The molecule has 0 aromatic heterocycles. The van der Waals surface area contributed by atoms with Crippen LogP contribution in [0.3, 0.4) is 0 Å². The van der Waals surface area contributed by atoms with Crippen LogP contribution in [0.5, 0.6) is 0 Å². The second-order valence-corrected chi connectivity index (χ2v) is 8.20. The molecule has 23 heavy (non-hydrogen) atoms. The molecule has 0 radical (unpaired) electrons. The lowest BCUT2D eigenvalue weighted by molar-refractivity contribution is 0.938. The van der Waals surface area contributed by atoms with Crippen molar-refractivity contribution in [2.75, 3.05) is 6.54 Å². The topological polar surface area (TPSA) is 12.4 Å². The molecule has 0 saturated heterocycles. The van der Waals surface area contributed by atoms with Crippen LogP contribution in [0.4, 0.5) is 0 Å². The van der Waals surface area contributed by atoms with Crippen LogP contribution in [-0.4, -0.2) is 6.54 Å². The van der Waals surface area contributed by atoms with Crippen LogP contribution in [0.2, 0.25) is 0 Å². The van der Waals surface area contributed by atoms with Crippen LogP contribution in [0.15, 0.2) is 110 Å². The van der Waals surface area contributed by atoms with E-state index in [4.69, 9.17) is 4.36 Å². The number of rotatable bonds is 5. The van der Waals surface area contributed by atoms with Gasteiger partial charge in [0.05, 0.1) is 16.4 Å². The highest BCUT2D eigenvalue weighted by molar-refractivity contribution is 8.05. The van der Waals surface area contributed by atoms with Crippen molar-refractivity contribution in [3.8, 4) is 0 Å². The molecule has 3 aromatic rings. The van der Waals surface area contributed by atoms with Gasteiger partial charge in [-0.3, -0.25) is 0 Å². The Kier molecular flexibility index (Phi) is 5.04. The van der Waals surface area contributed by atoms with E-state index >= 15 is 0 Å². The Morgan fingerprint density at radius 3 is 1.26 bits per heavy atom. The summed E-state index contributed by atoms with van der Waals surface area (Å²) in [5.41, 5.74) is 0. The zero-order valence-electron chi connectivity index (χ0n) is 13.4. The molecular weight excluding hydrogens is 298 g/mol. The molecule has 0 aliphatic heterocycles. The summed E-state index contributed by atoms with van der Waals surface area (Å²) >= 11 is 0. The van der Waals surface area contributed by atoms with E-state index in [0.717, 1.165) is 13.0 Å². The Balaban J connectivity index is 2.36. The van der Waals surface area contributed by atoms with Crippen LogP contribution in [0, 0.1) is 0 Å². The Morgan fingerprint density at radius 1 is 0.609 bits per heavy atom. The van der Waals surface area contributed by atoms with Crippen LogP contribution in [-0.2, 0) is 9.82 Å². The van der Waals surface area contributed by atoms with Gasteiger partial charge < -0.3 is 0 Å². The minimum atomic E-state index is -1.57. The molecule has 0 N–H and O–H groups in total. The summed E-state index contributed by atoms with van der Waals surface area (Å²) < 4.78 is 5.27. The summed E-state index contributed by atoms with van der Waals surface area (Å²) in [6.45, 7) is 3.06. The molecule has 0 bridgehead atoms. The third-order valence-corrected chi connectivity index (χ3v) is 7.19. The molecule has 0 amide bonds. The molecule has 0 atom stereocenters. The zero-order chi connectivity index (χ0) is 16.0. The van der Waals surface area contributed by atoms with Gasteiger partial charge in [-0.25, -0.2) is 0 Å². The molecule has 0 fully saturated rings. The van der Waals surface area contributed by atoms with Gasteiger partial charge in [0.25, 0.3) is 0 Å². The predicted molar refractivity (Wildman–Crippen MR) is 99.1 cm³/mol. The highest BCUT2D eigenvalue weighted by atomic mass is 32.2. The molecule has 0 aliphatic rings. The average Bonchev–Trinajstić information content (AvgIpc) is 2.65. The lowest BCUT2D eigenvalue weighted by atomic mass is 10.4. The Hall–Kier alpha value is -2.19. The highest BCUT2D eigenvalue weighted by Gasteiger charge is 2.34. The molecule has 3 rings (SSSR count). The fourth-order valence-electron chi connectivity index (χ4n) is 2.71. The summed E-state index contributed by atoms with van der Waals surface area (Å²) in [4.78, 5) is 3.89. The third kappa shape index (κ3) is 3.13. The van der Waals surface area contributed by atoms with Gasteiger partial charge in [0.15, 0.2) is 0 Å². The molecule has 2 heteroatoms. The van der Waals surface area contributed by atoms with Crippen molar-refractivity contribution in [3.05, 3.63) is 91.0 Å². The lowest BCUT2D eigenvalue weighted by Gasteiger charge is -2.19.